The van der Waals surface area contributed by atoms with E-state index in [-0.39, 0.29) is 16.1 Å². The zero-order valence-corrected chi connectivity index (χ0v) is 11.7. The largest absolute Gasteiger partial charge is 0.384 e. The van der Waals surface area contributed by atoms with Crippen molar-refractivity contribution >= 4 is 15.8 Å². The topological polar surface area (TPSA) is 94.3 Å². The smallest absolute Gasteiger partial charge is 0.240 e. The van der Waals surface area contributed by atoms with Crippen LogP contribution >= 0.6 is 0 Å². The van der Waals surface area contributed by atoms with Crippen molar-refractivity contribution in [1.82, 2.24) is 9.71 Å². The molecule has 1 aromatic rings. The molecule has 0 amide bonds. The molecule has 3 N–H and O–H groups in total. The number of ether oxygens (including phenoxy) is 1. The van der Waals surface area contributed by atoms with Gasteiger partial charge in [0.2, 0.25) is 10.0 Å². The molecule has 0 radical (unpaired) electrons. The van der Waals surface area contributed by atoms with Gasteiger partial charge in [-0.25, -0.2) is 18.1 Å². The Morgan fingerprint density at radius 1 is 1.47 bits per heavy atom. The van der Waals surface area contributed by atoms with Crippen molar-refractivity contribution in [3.63, 3.8) is 0 Å². The average Bonchev–Trinajstić information content (AvgIpc) is 2.38. The highest BCUT2D eigenvalue weighted by molar-refractivity contribution is 7.89. The molecule has 1 aromatic heterocycles. The fraction of sp³-hybridized carbons (Fsp3) is 0.583. The van der Waals surface area contributed by atoms with Gasteiger partial charge < -0.3 is 10.5 Å². The molecule has 2 rings (SSSR count). The standard InChI is InChI=1S/C12H19N3O3S/c1-12(3-6-18-7-4-12)9-15-19(16,17)10-2-5-14-11(13)8-10/h2,5,8,15H,3-4,6-7,9H2,1H3,(H2,13,14). The van der Waals surface area contributed by atoms with Crippen LogP contribution in [-0.2, 0) is 14.8 Å². The van der Waals surface area contributed by atoms with Crippen LogP contribution in [0.15, 0.2) is 23.2 Å². The summed E-state index contributed by atoms with van der Waals surface area (Å²) in [4.78, 5) is 3.93. The van der Waals surface area contributed by atoms with Gasteiger partial charge in [-0.1, -0.05) is 6.92 Å². The van der Waals surface area contributed by atoms with Crippen LogP contribution in [0.5, 0.6) is 0 Å². The van der Waals surface area contributed by atoms with Gasteiger partial charge in [-0.2, -0.15) is 0 Å². The summed E-state index contributed by atoms with van der Waals surface area (Å²) in [6.07, 6.45) is 3.10. The number of nitrogen functional groups attached to an aromatic ring is 1. The maximum absolute atomic E-state index is 12.1. The van der Waals surface area contributed by atoms with Crippen LogP contribution < -0.4 is 10.5 Å². The van der Waals surface area contributed by atoms with E-state index in [0.29, 0.717) is 19.8 Å². The Morgan fingerprint density at radius 3 is 2.79 bits per heavy atom. The Morgan fingerprint density at radius 2 is 2.16 bits per heavy atom. The first-order valence-corrected chi connectivity index (χ1v) is 7.69. The van der Waals surface area contributed by atoms with Crippen LogP contribution in [0, 0.1) is 5.41 Å². The molecule has 0 atom stereocenters. The van der Waals surface area contributed by atoms with Crippen molar-refractivity contribution in [1.29, 1.82) is 0 Å². The molecule has 1 aliphatic rings. The van der Waals surface area contributed by atoms with Crippen LogP contribution in [0.4, 0.5) is 5.82 Å². The summed E-state index contributed by atoms with van der Waals surface area (Å²) >= 11 is 0. The summed E-state index contributed by atoms with van der Waals surface area (Å²) in [5, 5.41) is 0. The van der Waals surface area contributed by atoms with Gasteiger partial charge in [-0.05, 0) is 24.3 Å². The molecular formula is C12H19N3O3S. The van der Waals surface area contributed by atoms with E-state index >= 15 is 0 Å². The first kappa shape index (κ1) is 14.2. The van der Waals surface area contributed by atoms with Crippen molar-refractivity contribution in [3.05, 3.63) is 18.3 Å². The fourth-order valence-corrected chi connectivity index (χ4v) is 3.21. The molecule has 0 saturated carbocycles. The maximum Gasteiger partial charge on any atom is 0.240 e. The first-order valence-electron chi connectivity index (χ1n) is 6.20. The SMILES string of the molecule is CC1(CNS(=O)(=O)c2ccnc(N)c2)CCOCC1. The molecule has 6 nitrogen and oxygen atoms in total. The zero-order valence-electron chi connectivity index (χ0n) is 10.9. The molecule has 7 heteroatoms. The van der Waals surface area contributed by atoms with E-state index in [4.69, 9.17) is 10.5 Å². The van der Waals surface area contributed by atoms with E-state index in [1.54, 1.807) is 0 Å². The summed E-state index contributed by atoms with van der Waals surface area (Å²) in [7, 11) is -3.53. The van der Waals surface area contributed by atoms with E-state index in [1.807, 2.05) is 0 Å². The number of nitrogens with two attached hydrogens (primary N) is 1. The number of pyridine rings is 1. The number of nitrogens with one attached hydrogen (secondary N) is 1. The van der Waals surface area contributed by atoms with Crippen molar-refractivity contribution < 1.29 is 13.2 Å². The number of hydrogen-bond acceptors (Lipinski definition) is 5. The van der Waals surface area contributed by atoms with Crippen molar-refractivity contribution in [2.45, 2.75) is 24.7 Å². The Labute approximate surface area is 113 Å². The van der Waals surface area contributed by atoms with Crippen LogP contribution in [-0.4, -0.2) is 33.2 Å². The predicted octanol–water partition coefficient (Wildman–Crippen LogP) is 0.759. The minimum Gasteiger partial charge on any atom is -0.384 e. The van der Waals surface area contributed by atoms with Gasteiger partial charge in [0.25, 0.3) is 0 Å². The van der Waals surface area contributed by atoms with Crippen LogP contribution in [0.2, 0.25) is 0 Å². The zero-order chi connectivity index (χ0) is 13.9. The van der Waals surface area contributed by atoms with Crippen LogP contribution in [0.25, 0.3) is 0 Å². The molecule has 0 unspecified atom stereocenters. The molecule has 1 fully saturated rings. The highest BCUT2D eigenvalue weighted by Crippen LogP contribution is 2.29. The molecule has 0 aromatic carbocycles. The molecule has 106 valence electrons. The molecule has 2 heterocycles. The number of hydrogen-bond donors (Lipinski definition) is 2. The van der Waals surface area contributed by atoms with E-state index in [2.05, 4.69) is 16.6 Å². The van der Waals surface area contributed by atoms with Gasteiger partial charge in [0.05, 0.1) is 4.90 Å². The normalized spacial score (nSPS) is 19.2. The van der Waals surface area contributed by atoms with Crippen LogP contribution in [0.3, 0.4) is 0 Å². The lowest BCUT2D eigenvalue weighted by atomic mass is 9.83. The lowest BCUT2D eigenvalue weighted by Crippen LogP contribution is -2.39. The molecule has 1 aliphatic heterocycles. The molecule has 1 saturated heterocycles. The van der Waals surface area contributed by atoms with Gasteiger partial charge in [0.1, 0.15) is 5.82 Å². The minimum absolute atomic E-state index is 0.0517. The van der Waals surface area contributed by atoms with E-state index in [9.17, 15) is 8.42 Å². The third-order valence-corrected chi connectivity index (χ3v) is 4.85. The summed E-state index contributed by atoms with van der Waals surface area (Å²) < 4.78 is 32.2. The van der Waals surface area contributed by atoms with E-state index < -0.39 is 10.0 Å². The Bertz CT molecular complexity index is 539. The van der Waals surface area contributed by atoms with Gasteiger partial charge in [-0.15, -0.1) is 0 Å². The minimum atomic E-state index is -3.53. The Hall–Kier alpha value is -1.18. The van der Waals surface area contributed by atoms with Gasteiger partial charge in [0.15, 0.2) is 0 Å². The summed E-state index contributed by atoms with van der Waals surface area (Å²) in [5.41, 5.74) is 5.45. The van der Waals surface area contributed by atoms with E-state index in [0.717, 1.165) is 12.8 Å². The summed E-state index contributed by atoms with van der Waals surface area (Å²) in [6.45, 7) is 3.83. The number of aromatic nitrogens is 1. The number of nitrogens with zero attached hydrogens (tertiary/aromatic N) is 1. The second kappa shape index (κ2) is 5.44. The summed E-state index contributed by atoms with van der Waals surface area (Å²) in [5.74, 6) is 0.195. The lowest BCUT2D eigenvalue weighted by molar-refractivity contribution is 0.0265. The Kier molecular flexibility index (Phi) is 4.07. The Balaban J connectivity index is 2.05. The van der Waals surface area contributed by atoms with Gasteiger partial charge in [-0.3, -0.25) is 0 Å². The lowest BCUT2D eigenvalue weighted by Gasteiger charge is -2.33. The number of anilines is 1. The average molecular weight is 285 g/mol. The third-order valence-electron chi connectivity index (χ3n) is 3.45. The van der Waals surface area contributed by atoms with Gasteiger partial charge in [0, 0.05) is 32.0 Å². The molecular weight excluding hydrogens is 266 g/mol. The predicted molar refractivity (Wildman–Crippen MR) is 72.0 cm³/mol. The fourth-order valence-electron chi connectivity index (χ4n) is 1.99. The third kappa shape index (κ3) is 3.65. The quantitative estimate of drug-likeness (QED) is 0.851. The van der Waals surface area contributed by atoms with Gasteiger partial charge >= 0.3 is 0 Å². The second-order valence-electron chi connectivity index (χ2n) is 5.16. The number of sulfonamides is 1. The molecule has 0 aliphatic carbocycles. The maximum atomic E-state index is 12.1. The van der Waals surface area contributed by atoms with Crippen molar-refractivity contribution in [2.75, 3.05) is 25.5 Å². The monoisotopic (exact) mass is 285 g/mol. The van der Waals surface area contributed by atoms with Crippen molar-refractivity contribution in [3.8, 4) is 0 Å². The van der Waals surface area contributed by atoms with E-state index in [1.165, 1.54) is 18.3 Å². The highest BCUT2D eigenvalue weighted by atomic mass is 32.2. The first-order chi connectivity index (χ1) is 8.91. The molecule has 0 spiro atoms. The highest BCUT2D eigenvalue weighted by Gasteiger charge is 2.29. The second-order valence-corrected chi connectivity index (χ2v) is 6.93. The molecule has 0 bridgehead atoms. The summed E-state index contributed by atoms with van der Waals surface area (Å²) in [6, 6.07) is 2.79. The van der Waals surface area contributed by atoms with Crippen molar-refractivity contribution in [2.24, 2.45) is 5.41 Å². The molecule has 19 heavy (non-hydrogen) atoms. The van der Waals surface area contributed by atoms with Crippen LogP contribution in [0.1, 0.15) is 19.8 Å². The number of rotatable bonds is 4.